The molecule has 1 amide bonds. The molecule has 0 atom stereocenters. The number of hydrogen-bond donors (Lipinski definition) is 1. The van der Waals surface area contributed by atoms with Crippen molar-refractivity contribution in [1.82, 2.24) is 20.3 Å². The van der Waals surface area contributed by atoms with Gasteiger partial charge in [0, 0.05) is 23.8 Å². The van der Waals surface area contributed by atoms with Gasteiger partial charge in [0.1, 0.15) is 0 Å². The van der Waals surface area contributed by atoms with Crippen molar-refractivity contribution < 1.29 is 13.9 Å². The van der Waals surface area contributed by atoms with E-state index < -0.39 is 0 Å². The lowest BCUT2D eigenvalue weighted by Gasteiger charge is -2.00. The van der Waals surface area contributed by atoms with Gasteiger partial charge in [0.2, 0.25) is 0 Å². The molecule has 0 radical (unpaired) electrons. The topological polar surface area (TPSA) is 90.1 Å². The van der Waals surface area contributed by atoms with Gasteiger partial charge in [-0.2, -0.15) is 0 Å². The zero-order valence-electron chi connectivity index (χ0n) is 11.6. The van der Waals surface area contributed by atoms with E-state index >= 15 is 0 Å². The Bertz CT molecular complexity index is 769. The van der Waals surface area contributed by atoms with Gasteiger partial charge in [-0.3, -0.25) is 4.79 Å². The molecule has 0 bridgehead atoms. The third-order valence-electron chi connectivity index (χ3n) is 2.75. The number of carbonyl (C=O) groups is 1. The molecular weight excluding hydrogens is 304 g/mol. The predicted octanol–water partition coefficient (Wildman–Crippen LogP) is 2.13. The van der Waals surface area contributed by atoms with E-state index in [1.165, 1.54) is 18.4 Å². The van der Waals surface area contributed by atoms with Crippen molar-refractivity contribution >= 4 is 17.2 Å². The summed E-state index contributed by atoms with van der Waals surface area (Å²) in [5.74, 6) is 0.732. The fourth-order valence-corrected chi connectivity index (χ4v) is 2.47. The zero-order chi connectivity index (χ0) is 15.4. The molecule has 3 heterocycles. The highest BCUT2D eigenvalue weighted by atomic mass is 32.1. The molecule has 3 aromatic heterocycles. The molecular formula is C14H12N4O3S. The van der Waals surface area contributed by atoms with Gasteiger partial charge in [0.15, 0.2) is 16.6 Å². The number of thiazole rings is 1. The van der Waals surface area contributed by atoms with Gasteiger partial charge in [-0.1, -0.05) is 0 Å². The summed E-state index contributed by atoms with van der Waals surface area (Å²) in [5.41, 5.74) is 0.735. The summed E-state index contributed by atoms with van der Waals surface area (Å²) >= 11 is 1.43. The van der Waals surface area contributed by atoms with E-state index in [0.29, 0.717) is 23.3 Å². The minimum absolute atomic E-state index is 0.193. The first kappa shape index (κ1) is 14.2. The van der Waals surface area contributed by atoms with E-state index in [1.807, 2.05) is 5.38 Å². The van der Waals surface area contributed by atoms with Gasteiger partial charge in [-0.15, -0.1) is 11.3 Å². The summed E-state index contributed by atoms with van der Waals surface area (Å²) in [6.07, 6.45) is 3.32. The van der Waals surface area contributed by atoms with Crippen LogP contribution < -0.4 is 10.1 Å². The highest BCUT2D eigenvalue weighted by Gasteiger charge is 2.12. The minimum Gasteiger partial charge on any atom is -0.468 e. The van der Waals surface area contributed by atoms with Crippen molar-refractivity contribution in [2.24, 2.45) is 0 Å². The Labute approximate surface area is 130 Å². The van der Waals surface area contributed by atoms with E-state index in [-0.39, 0.29) is 11.7 Å². The predicted molar refractivity (Wildman–Crippen MR) is 79.6 cm³/mol. The van der Waals surface area contributed by atoms with E-state index in [2.05, 4.69) is 20.3 Å². The minimum atomic E-state index is -0.325. The largest absolute Gasteiger partial charge is 0.468 e. The van der Waals surface area contributed by atoms with Crippen LogP contribution in [0.1, 0.15) is 16.2 Å². The van der Waals surface area contributed by atoms with Crippen LogP contribution in [-0.2, 0) is 6.54 Å². The SMILES string of the molecule is COc1ccc(C(=O)NCc2csc(-c3ncccn3)n2)o1. The van der Waals surface area contributed by atoms with Crippen LogP contribution in [0.3, 0.4) is 0 Å². The third kappa shape index (κ3) is 3.12. The second-order valence-electron chi connectivity index (χ2n) is 4.22. The van der Waals surface area contributed by atoms with E-state index in [4.69, 9.17) is 9.15 Å². The van der Waals surface area contributed by atoms with Gasteiger partial charge < -0.3 is 14.5 Å². The van der Waals surface area contributed by atoms with Gasteiger partial charge in [0.25, 0.3) is 11.9 Å². The number of nitrogens with one attached hydrogen (secondary N) is 1. The maximum absolute atomic E-state index is 11.9. The molecule has 1 N–H and O–H groups in total. The van der Waals surface area contributed by atoms with Crippen molar-refractivity contribution in [3.63, 3.8) is 0 Å². The number of carbonyl (C=O) groups excluding carboxylic acids is 1. The van der Waals surface area contributed by atoms with Crippen LogP contribution in [0.4, 0.5) is 0 Å². The van der Waals surface area contributed by atoms with Crippen LogP contribution in [-0.4, -0.2) is 28.0 Å². The second-order valence-corrected chi connectivity index (χ2v) is 5.08. The molecule has 3 rings (SSSR count). The molecule has 8 heteroatoms. The summed E-state index contributed by atoms with van der Waals surface area (Å²) in [4.78, 5) is 24.6. The number of ether oxygens (including phenoxy) is 1. The Morgan fingerprint density at radius 3 is 2.91 bits per heavy atom. The average Bonchev–Trinajstić information content (AvgIpc) is 3.22. The summed E-state index contributed by atoms with van der Waals surface area (Å²) in [7, 11) is 1.48. The summed E-state index contributed by atoms with van der Waals surface area (Å²) in [5, 5.41) is 5.30. The lowest BCUT2D eigenvalue weighted by Crippen LogP contribution is -2.22. The lowest BCUT2D eigenvalue weighted by atomic mass is 10.4. The molecule has 0 aromatic carbocycles. The standard InChI is InChI=1S/C14H12N4O3S/c1-20-11-4-3-10(21-11)13(19)17-7-9-8-22-14(18-9)12-15-5-2-6-16-12/h2-6,8H,7H2,1H3,(H,17,19). The smallest absolute Gasteiger partial charge is 0.287 e. The van der Waals surface area contributed by atoms with Crippen molar-refractivity contribution in [1.29, 1.82) is 0 Å². The second kappa shape index (κ2) is 6.35. The fourth-order valence-electron chi connectivity index (χ4n) is 1.71. The highest BCUT2D eigenvalue weighted by Crippen LogP contribution is 2.19. The van der Waals surface area contributed by atoms with Crippen molar-refractivity contribution in [3.05, 3.63) is 47.4 Å². The molecule has 0 fully saturated rings. The molecule has 3 aromatic rings. The Hall–Kier alpha value is -2.74. The maximum Gasteiger partial charge on any atom is 0.287 e. The maximum atomic E-state index is 11.9. The third-order valence-corrected chi connectivity index (χ3v) is 3.63. The molecule has 112 valence electrons. The first-order chi connectivity index (χ1) is 10.8. The first-order valence-corrected chi connectivity index (χ1v) is 7.28. The van der Waals surface area contributed by atoms with Crippen molar-refractivity contribution in [2.45, 2.75) is 6.54 Å². The number of aromatic nitrogens is 3. The molecule has 0 aliphatic heterocycles. The number of nitrogens with zero attached hydrogens (tertiary/aromatic N) is 3. The summed E-state index contributed by atoms with van der Waals surface area (Å²) in [6, 6.07) is 4.89. The van der Waals surface area contributed by atoms with Gasteiger partial charge in [-0.05, 0) is 12.1 Å². The van der Waals surface area contributed by atoms with Crippen LogP contribution in [0.2, 0.25) is 0 Å². The summed E-state index contributed by atoms with van der Waals surface area (Å²) < 4.78 is 10.1. The van der Waals surface area contributed by atoms with Crippen LogP contribution >= 0.6 is 11.3 Å². The molecule has 0 spiro atoms. The normalized spacial score (nSPS) is 10.4. The number of amides is 1. The van der Waals surface area contributed by atoms with Crippen LogP contribution in [0.25, 0.3) is 10.8 Å². The highest BCUT2D eigenvalue weighted by molar-refractivity contribution is 7.13. The van der Waals surface area contributed by atoms with E-state index in [0.717, 1.165) is 5.69 Å². The Morgan fingerprint density at radius 1 is 1.36 bits per heavy atom. The molecule has 7 nitrogen and oxygen atoms in total. The first-order valence-electron chi connectivity index (χ1n) is 6.40. The van der Waals surface area contributed by atoms with Crippen LogP contribution in [0, 0.1) is 0 Å². The Balaban J connectivity index is 1.62. The lowest BCUT2D eigenvalue weighted by molar-refractivity contribution is 0.0916. The quantitative estimate of drug-likeness (QED) is 0.775. The average molecular weight is 316 g/mol. The molecule has 0 aliphatic carbocycles. The van der Waals surface area contributed by atoms with Crippen LogP contribution in [0.15, 0.2) is 40.4 Å². The van der Waals surface area contributed by atoms with E-state index in [9.17, 15) is 4.79 Å². The summed E-state index contributed by atoms with van der Waals surface area (Å²) in [6.45, 7) is 0.297. The number of furan rings is 1. The fraction of sp³-hybridized carbons (Fsp3) is 0.143. The van der Waals surface area contributed by atoms with E-state index in [1.54, 1.807) is 30.6 Å². The zero-order valence-corrected chi connectivity index (χ0v) is 12.5. The number of hydrogen-bond acceptors (Lipinski definition) is 7. The number of rotatable bonds is 5. The van der Waals surface area contributed by atoms with Crippen molar-refractivity contribution in [3.8, 4) is 16.8 Å². The Kier molecular flexibility index (Phi) is 4.10. The van der Waals surface area contributed by atoms with Gasteiger partial charge >= 0.3 is 0 Å². The van der Waals surface area contributed by atoms with Crippen LogP contribution in [0.5, 0.6) is 5.95 Å². The van der Waals surface area contributed by atoms with Gasteiger partial charge in [-0.25, -0.2) is 15.0 Å². The van der Waals surface area contributed by atoms with Crippen molar-refractivity contribution in [2.75, 3.05) is 7.11 Å². The molecule has 0 saturated heterocycles. The number of methoxy groups -OCH3 is 1. The molecule has 22 heavy (non-hydrogen) atoms. The Morgan fingerprint density at radius 2 is 2.18 bits per heavy atom. The molecule has 0 aliphatic rings. The van der Waals surface area contributed by atoms with Gasteiger partial charge in [0.05, 0.1) is 19.3 Å². The monoisotopic (exact) mass is 316 g/mol. The molecule has 0 saturated carbocycles. The molecule has 0 unspecified atom stereocenters.